The van der Waals surface area contributed by atoms with E-state index < -0.39 is 0 Å². The quantitative estimate of drug-likeness (QED) is 0.555. The van der Waals surface area contributed by atoms with E-state index in [0.717, 1.165) is 12.8 Å². The predicted molar refractivity (Wildman–Crippen MR) is 52.8 cm³/mol. The van der Waals surface area contributed by atoms with E-state index in [2.05, 4.69) is 0 Å². The SMILES string of the molecule is Cl[C@H]1CC2CSCC1C[C@@H]2Cl. The molecule has 0 nitrogen and oxygen atoms in total. The molecule has 3 heteroatoms. The van der Waals surface area contributed by atoms with Crippen LogP contribution in [0.3, 0.4) is 0 Å². The van der Waals surface area contributed by atoms with Gasteiger partial charge in [0, 0.05) is 10.8 Å². The average molecular weight is 211 g/mol. The number of hydrogen-bond acceptors (Lipinski definition) is 1. The first-order chi connectivity index (χ1) is 5.27. The van der Waals surface area contributed by atoms with Crippen LogP contribution in [0.15, 0.2) is 0 Å². The summed E-state index contributed by atoms with van der Waals surface area (Å²) in [4.78, 5) is 0. The van der Waals surface area contributed by atoms with Crippen LogP contribution in [0.2, 0.25) is 0 Å². The van der Waals surface area contributed by atoms with Crippen LogP contribution in [0.5, 0.6) is 0 Å². The highest BCUT2D eigenvalue weighted by Crippen LogP contribution is 2.42. The van der Waals surface area contributed by atoms with Gasteiger partial charge < -0.3 is 0 Å². The van der Waals surface area contributed by atoms with Gasteiger partial charge in [0.15, 0.2) is 0 Å². The van der Waals surface area contributed by atoms with Crippen LogP contribution in [0.1, 0.15) is 12.8 Å². The van der Waals surface area contributed by atoms with Crippen molar-refractivity contribution in [2.45, 2.75) is 23.6 Å². The highest BCUT2D eigenvalue weighted by atomic mass is 35.5. The Morgan fingerprint density at radius 2 is 1.36 bits per heavy atom. The van der Waals surface area contributed by atoms with E-state index >= 15 is 0 Å². The molecule has 3 aliphatic rings. The zero-order valence-electron chi connectivity index (χ0n) is 6.30. The average Bonchev–Trinajstić information content (AvgIpc) is 2.21. The Hall–Kier alpha value is 0.930. The van der Waals surface area contributed by atoms with Gasteiger partial charge in [-0.2, -0.15) is 11.8 Å². The molecule has 3 fully saturated rings. The van der Waals surface area contributed by atoms with E-state index in [1.807, 2.05) is 11.8 Å². The monoisotopic (exact) mass is 210 g/mol. The normalized spacial score (nSPS) is 50.7. The molecule has 2 saturated heterocycles. The number of alkyl halides is 2. The summed E-state index contributed by atoms with van der Waals surface area (Å²) in [6.45, 7) is 0. The van der Waals surface area contributed by atoms with Crippen molar-refractivity contribution in [2.75, 3.05) is 11.5 Å². The number of rotatable bonds is 0. The van der Waals surface area contributed by atoms with Crippen LogP contribution >= 0.6 is 35.0 Å². The Kier molecular flexibility index (Phi) is 2.60. The maximum absolute atomic E-state index is 6.21. The molecule has 0 aromatic rings. The first-order valence-electron chi connectivity index (χ1n) is 4.13. The van der Waals surface area contributed by atoms with E-state index in [1.54, 1.807) is 0 Å². The van der Waals surface area contributed by atoms with Gasteiger partial charge in [0.2, 0.25) is 0 Å². The van der Waals surface area contributed by atoms with Crippen LogP contribution in [0, 0.1) is 11.8 Å². The summed E-state index contributed by atoms with van der Waals surface area (Å²) >= 11 is 14.5. The highest BCUT2D eigenvalue weighted by Gasteiger charge is 2.37. The van der Waals surface area contributed by atoms with E-state index in [9.17, 15) is 0 Å². The molecule has 2 aliphatic heterocycles. The lowest BCUT2D eigenvalue weighted by molar-refractivity contribution is 0.338. The Morgan fingerprint density at radius 3 is 1.82 bits per heavy atom. The Morgan fingerprint density at radius 1 is 0.909 bits per heavy atom. The second-order valence-corrected chi connectivity index (χ2v) is 5.76. The fraction of sp³-hybridized carbons (Fsp3) is 1.00. The van der Waals surface area contributed by atoms with Gasteiger partial charge in [0.25, 0.3) is 0 Å². The Bertz CT molecular complexity index is 135. The number of halogens is 2. The number of fused-ring (bicyclic) bond motifs is 4. The van der Waals surface area contributed by atoms with Crippen molar-refractivity contribution in [2.24, 2.45) is 11.8 Å². The van der Waals surface area contributed by atoms with Crippen LogP contribution in [-0.2, 0) is 0 Å². The van der Waals surface area contributed by atoms with Crippen molar-refractivity contribution >= 4 is 35.0 Å². The molecule has 0 N–H and O–H groups in total. The minimum atomic E-state index is 0.407. The second-order valence-electron chi connectivity index (χ2n) is 3.56. The zero-order valence-corrected chi connectivity index (χ0v) is 8.63. The third-order valence-electron chi connectivity index (χ3n) is 2.74. The van der Waals surface area contributed by atoms with Gasteiger partial charge in [0.05, 0.1) is 0 Å². The molecule has 4 atom stereocenters. The third-order valence-corrected chi connectivity index (χ3v) is 5.14. The van der Waals surface area contributed by atoms with Gasteiger partial charge in [-0.25, -0.2) is 0 Å². The van der Waals surface area contributed by atoms with Crippen molar-refractivity contribution < 1.29 is 0 Å². The van der Waals surface area contributed by atoms with E-state index in [1.165, 1.54) is 11.5 Å². The summed E-state index contributed by atoms with van der Waals surface area (Å²) in [5.74, 6) is 3.83. The van der Waals surface area contributed by atoms with Crippen molar-refractivity contribution in [3.8, 4) is 0 Å². The van der Waals surface area contributed by atoms with Gasteiger partial charge in [-0.15, -0.1) is 23.2 Å². The van der Waals surface area contributed by atoms with Gasteiger partial charge in [-0.1, -0.05) is 0 Å². The van der Waals surface area contributed by atoms with Crippen molar-refractivity contribution in [3.05, 3.63) is 0 Å². The highest BCUT2D eigenvalue weighted by molar-refractivity contribution is 7.99. The molecule has 2 heterocycles. The zero-order chi connectivity index (χ0) is 7.84. The summed E-state index contributed by atoms with van der Waals surface area (Å²) in [5.41, 5.74) is 0. The van der Waals surface area contributed by atoms with Crippen molar-refractivity contribution in [1.82, 2.24) is 0 Å². The molecular weight excluding hydrogens is 199 g/mol. The summed E-state index contributed by atoms with van der Waals surface area (Å²) in [6, 6.07) is 0. The summed E-state index contributed by atoms with van der Waals surface area (Å²) < 4.78 is 0. The van der Waals surface area contributed by atoms with E-state index in [0.29, 0.717) is 22.6 Å². The van der Waals surface area contributed by atoms with Crippen LogP contribution < -0.4 is 0 Å². The van der Waals surface area contributed by atoms with Crippen molar-refractivity contribution in [3.63, 3.8) is 0 Å². The minimum absolute atomic E-state index is 0.407. The first kappa shape index (κ1) is 8.52. The standard InChI is InChI=1S/C8H12Cl2S/c9-7-1-5-3-11-4-6(7)2-8(5)10/h5-8H,1-4H2/t5?,6?,7-,8-/m0/s1. The summed E-state index contributed by atoms with van der Waals surface area (Å²) in [7, 11) is 0. The second kappa shape index (κ2) is 3.35. The molecule has 2 bridgehead atoms. The van der Waals surface area contributed by atoms with E-state index in [-0.39, 0.29) is 0 Å². The van der Waals surface area contributed by atoms with Crippen LogP contribution in [-0.4, -0.2) is 22.3 Å². The lowest BCUT2D eigenvalue weighted by Crippen LogP contribution is -2.32. The predicted octanol–water partition coefficient (Wildman–Crippen LogP) is 2.97. The molecule has 1 aliphatic carbocycles. The first-order valence-corrected chi connectivity index (χ1v) is 6.16. The third kappa shape index (κ3) is 1.66. The maximum Gasteiger partial charge on any atom is 0.0376 e. The fourth-order valence-electron chi connectivity index (χ4n) is 1.97. The molecule has 2 unspecified atom stereocenters. The summed E-state index contributed by atoms with van der Waals surface area (Å²) in [6.07, 6.45) is 2.29. The Labute approximate surface area is 82.0 Å². The molecule has 0 amide bonds. The largest absolute Gasteiger partial charge is 0.161 e. The fourth-order valence-corrected chi connectivity index (χ4v) is 4.51. The Balaban J connectivity index is 2.12. The summed E-state index contributed by atoms with van der Waals surface area (Å²) in [5, 5.41) is 0.815. The molecule has 3 rings (SSSR count). The number of hydrogen-bond donors (Lipinski definition) is 0. The minimum Gasteiger partial charge on any atom is -0.161 e. The topological polar surface area (TPSA) is 0 Å². The molecule has 0 aromatic carbocycles. The van der Waals surface area contributed by atoms with E-state index in [4.69, 9.17) is 23.2 Å². The van der Waals surface area contributed by atoms with Crippen molar-refractivity contribution in [1.29, 1.82) is 0 Å². The van der Waals surface area contributed by atoms with Gasteiger partial charge in [0.1, 0.15) is 0 Å². The molecule has 11 heavy (non-hydrogen) atoms. The lowest BCUT2D eigenvalue weighted by atomic mass is 9.83. The molecule has 0 aromatic heterocycles. The molecule has 0 radical (unpaired) electrons. The van der Waals surface area contributed by atoms with Gasteiger partial charge >= 0.3 is 0 Å². The molecule has 0 spiro atoms. The van der Waals surface area contributed by atoms with Crippen LogP contribution in [0.25, 0.3) is 0 Å². The van der Waals surface area contributed by atoms with Crippen LogP contribution in [0.4, 0.5) is 0 Å². The smallest absolute Gasteiger partial charge is 0.0376 e. The van der Waals surface area contributed by atoms with Gasteiger partial charge in [-0.3, -0.25) is 0 Å². The maximum atomic E-state index is 6.21. The molecule has 1 saturated carbocycles. The lowest BCUT2D eigenvalue weighted by Gasteiger charge is -2.31. The molecule has 64 valence electrons. The number of thioether (sulfide) groups is 1. The van der Waals surface area contributed by atoms with Gasteiger partial charge in [-0.05, 0) is 36.2 Å². The molecular formula is C8H12Cl2S.